The van der Waals surface area contributed by atoms with Crippen LogP contribution in [0.4, 0.5) is 31.5 Å². The molecule has 0 aliphatic rings. The molecule has 14 heteroatoms. The minimum absolute atomic E-state index is 0.0441. The lowest BCUT2D eigenvalue weighted by Gasteiger charge is -2.29. The molecular weight excluding hydrogens is 558 g/mol. The van der Waals surface area contributed by atoms with Crippen LogP contribution in [0.5, 0.6) is 0 Å². The largest absolute Gasteiger partial charge is 0.416 e. The number of nitrogens with zero attached hydrogens (tertiary/aromatic N) is 3. The van der Waals surface area contributed by atoms with Crippen molar-refractivity contribution >= 4 is 39.9 Å². The summed E-state index contributed by atoms with van der Waals surface area (Å²) in [7, 11) is 0. The first-order valence-corrected chi connectivity index (χ1v) is 12.4. The lowest BCUT2D eigenvalue weighted by Crippen LogP contribution is -2.40. The molecule has 1 aromatic heterocycles. The van der Waals surface area contributed by atoms with Crippen LogP contribution in [0.1, 0.15) is 48.2 Å². The van der Waals surface area contributed by atoms with Crippen molar-refractivity contribution in [3.8, 4) is 10.6 Å². The molecule has 2 amide bonds. The number of hydrogen-bond acceptors (Lipinski definition) is 5. The van der Waals surface area contributed by atoms with Gasteiger partial charge >= 0.3 is 12.4 Å². The van der Waals surface area contributed by atoms with Gasteiger partial charge in [0, 0.05) is 35.2 Å². The first-order chi connectivity index (χ1) is 17.7. The molecule has 1 heterocycles. The highest BCUT2D eigenvalue weighted by Crippen LogP contribution is 2.37. The van der Waals surface area contributed by atoms with Gasteiger partial charge in [0.05, 0.1) is 11.1 Å². The van der Waals surface area contributed by atoms with E-state index in [1.54, 1.807) is 38.1 Å². The van der Waals surface area contributed by atoms with E-state index in [1.165, 1.54) is 0 Å². The second-order valence-electron chi connectivity index (χ2n) is 8.27. The quantitative estimate of drug-likeness (QED) is 0.288. The molecule has 1 N–H and O–H groups in total. The molecule has 2 aromatic carbocycles. The third-order valence-electron chi connectivity index (χ3n) is 5.54. The first-order valence-electron chi connectivity index (χ1n) is 11.2. The zero-order chi connectivity index (χ0) is 28.3. The van der Waals surface area contributed by atoms with E-state index in [9.17, 15) is 35.9 Å². The second-order valence-corrected chi connectivity index (χ2v) is 9.69. The van der Waals surface area contributed by atoms with Gasteiger partial charge in [-0.25, -0.2) is 0 Å². The molecular formula is C24H21ClF6N4O2S. The fourth-order valence-corrected chi connectivity index (χ4v) is 4.35. The first kappa shape index (κ1) is 29.4. The number of rotatable bonds is 8. The van der Waals surface area contributed by atoms with Crippen LogP contribution in [0, 0.1) is 0 Å². The zero-order valence-electron chi connectivity index (χ0n) is 20.0. The lowest BCUT2D eigenvalue weighted by atomic mass is 10.0. The summed E-state index contributed by atoms with van der Waals surface area (Å²) in [6, 6.07) is 6.97. The number of hydrogen-bond donors (Lipinski definition) is 1. The molecule has 3 rings (SSSR count). The molecule has 3 aromatic rings. The molecule has 204 valence electrons. The van der Waals surface area contributed by atoms with E-state index >= 15 is 0 Å². The Balaban J connectivity index is 1.76. The van der Waals surface area contributed by atoms with Gasteiger partial charge in [0.25, 0.3) is 5.91 Å². The summed E-state index contributed by atoms with van der Waals surface area (Å²) in [4.78, 5) is 26.7. The van der Waals surface area contributed by atoms with Crippen molar-refractivity contribution in [1.29, 1.82) is 0 Å². The van der Waals surface area contributed by atoms with Crippen molar-refractivity contribution in [1.82, 2.24) is 15.1 Å². The number of benzene rings is 2. The third-order valence-corrected chi connectivity index (χ3v) is 6.66. The topological polar surface area (TPSA) is 75.2 Å². The maximum atomic E-state index is 13.3. The summed E-state index contributed by atoms with van der Waals surface area (Å²) < 4.78 is 79.5. The van der Waals surface area contributed by atoms with E-state index < -0.39 is 46.9 Å². The standard InChI is InChI=1S/C24H21ClF6N4O2S/c1-3-13(2)35(21(37)15-9-16(23(26,27)28)12-17(10-15)24(29,30)31)8-7-19(36)32-22-34-33-20(38-22)14-5-4-6-18(25)11-14/h4-6,9-13H,3,7-8H2,1-2H3,(H,32,34,36)/t13-/m0/s1. The van der Waals surface area contributed by atoms with Gasteiger partial charge in [0.15, 0.2) is 0 Å². The molecule has 6 nitrogen and oxygen atoms in total. The third kappa shape index (κ3) is 7.44. The number of carbonyl (C=O) groups excluding carboxylic acids is 2. The van der Waals surface area contributed by atoms with Crippen LogP contribution in [0.2, 0.25) is 5.02 Å². The van der Waals surface area contributed by atoms with Gasteiger partial charge in [-0.2, -0.15) is 26.3 Å². The molecule has 0 aliphatic heterocycles. The van der Waals surface area contributed by atoms with Gasteiger partial charge in [-0.1, -0.05) is 42.0 Å². The van der Waals surface area contributed by atoms with Crippen LogP contribution in [0.3, 0.4) is 0 Å². The minimum atomic E-state index is -5.09. The van der Waals surface area contributed by atoms with Crippen molar-refractivity contribution in [3.63, 3.8) is 0 Å². The van der Waals surface area contributed by atoms with Gasteiger partial charge in [-0.3, -0.25) is 9.59 Å². The van der Waals surface area contributed by atoms with Gasteiger partial charge in [0.1, 0.15) is 5.01 Å². The number of aromatic nitrogens is 2. The Morgan fingerprint density at radius 1 is 1.03 bits per heavy atom. The Hall–Kier alpha value is -3.19. The fraction of sp³-hybridized carbons (Fsp3) is 0.333. The summed E-state index contributed by atoms with van der Waals surface area (Å²) in [5.41, 5.74) is -3.28. The Kier molecular flexibility index (Phi) is 9.03. The Bertz CT molecular complexity index is 1280. The average Bonchev–Trinajstić information content (AvgIpc) is 3.30. The van der Waals surface area contributed by atoms with Crippen LogP contribution < -0.4 is 5.32 Å². The summed E-state index contributed by atoms with van der Waals surface area (Å²) in [6.45, 7) is 3.02. The van der Waals surface area contributed by atoms with E-state index in [2.05, 4.69) is 15.5 Å². The van der Waals surface area contributed by atoms with Crippen molar-refractivity contribution in [2.45, 2.75) is 45.1 Å². The summed E-state index contributed by atoms with van der Waals surface area (Å²) in [6.07, 6.45) is -10.1. The maximum Gasteiger partial charge on any atom is 0.416 e. The van der Waals surface area contributed by atoms with Crippen molar-refractivity contribution in [2.75, 3.05) is 11.9 Å². The average molecular weight is 579 g/mol. The Morgan fingerprint density at radius 2 is 1.66 bits per heavy atom. The van der Waals surface area contributed by atoms with E-state index in [-0.39, 0.29) is 24.2 Å². The molecule has 0 radical (unpaired) electrons. The smallest absolute Gasteiger partial charge is 0.335 e. The van der Waals surface area contributed by atoms with E-state index in [0.717, 1.165) is 16.2 Å². The van der Waals surface area contributed by atoms with Crippen LogP contribution >= 0.6 is 22.9 Å². The van der Waals surface area contributed by atoms with Crippen LogP contribution in [0.25, 0.3) is 10.6 Å². The number of anilines is 1. The molecule has 0 bridgehead atoms. The summed E-state index contributed by atoms with van der Waals surface area (Å²) in [5.74, 6) is -1.62. The number of halogens is 7. The minimum Gasteiger partial charge on any atom is -0.335 e. The fourth-order valence-electron chi connectivity index (χ4n) is 3.40. The predicted molar refractivity (Wildman–Crippen MR) is 131 cm³/mol. The van der Waals surface area contributed by atoms with E-state index in [0.29, 0.717) is 34.1 Å². The summed E-state index contributed by atoms with van der Waals surface area (Å²) >= 11 is 7.04. The van der Waals surface area contributed by atoms with Crippen molar-refractivity contribution in [2.24, 2.45) is 0 Å². The molecule has 0 saturated heterocycles. The highest BCUT2D eigenvalue weighted by Gasteiger charge is 2.38. The van der Waals surface area contributed by atoms with Gasteiger partial charge in [-0.05, 0) is 43.7 Å². The number of nitrogens with one attached hydrogen (secondary N) is 1. The number of carbonyl (C=O) groups is 2. The maximum absolute atomic E-state index is 13.3. The molecule has 0 aliphatic carbocycles. The SMILES string of the molecule is CC[C@H](C)N(CCC(=O)Nc1nnc(-c2cccc(Cl)c2)s1)C(=O)c1cc(C(F)(F)F)cc(C(F)(F)F)c1. The van der Waals surface area contributed by atoms with Crippen LogP contribution in [-0.2, 0) is 17.1 Å². The molecule has 0 saturated carbocycles. The summed E-state index contributed by atoms with van der Waals surface area (Å²) in [5, 5.41) is 11.6. The molecule has 0 fully saturated rings. The van der Waals surface area contributed by atoms with Crippen LogP contribution in [-0.4, -0.2) is 39.5 Å². The monoisotopic (exact) mass is 578 g/mol. The predicted octanol–water partition coefficient (Wildman–Crippen LogP) is 7.17. The Morgan fingerprint density at radius 3 is 2.21 bits per heavy atom. The lowest BCUT2D eigenvalue weighted by molar-refractivity contribution is -0.143. The molecule has 0 spiro atoms. The Labute approximate surface area is 222 Å². The number of alkyl halides is 6. The second kappa shape index (κ2) is 11.7. The van der Waals surface area contributed by atoms with E-state index in [4.69, 9.17) is 11.6 Å². The van der Waals surface area contributed by atoms with Crippen LogP contribution in [0.15, 0.2) is 42.5 Å². The van der Waals surface area contributed by atoms with Crippen molar-refractivity contribution in [3.05, 3.63) is 64.2 Å². The highest BCUT2D eigenvalue weighted by molar-refractivity contribution is 7.18. The van der Waals surface area contributed by atoms with Crippen molar-refractivity contribution < 1.29 is 35.9 Å². The number of amides is 2. The van der Waals surface area contributed by atoms with Gasteiger partial charge in [-0.15, -0.1) is 10.2 Å². The molecule has 0 unspecified atom stereocenters. The zero-order valence-corrected chi connectivity index (χ0v) is 21.5. The van der Waals surface area contributed by atoms with Gasteiger partial charge in [0.2, 0.25) is 11.0 Å². The molecule has 38 heavy (non-hydrogen) atoms. The van der Waals surface area contributed by atoms with Gasteiger partial charge < -0.3 is 10.2 Å². The molecule has 1 atom stereocenters. The van der Waals surface area contributed by atoms with E-state index in [1.807, 2.05) is 0 Å². The highest BCUT2D eigenvalue weighted by atomic mass is 35.5. The normalized spacial score (nSPS) is 12.8.